The minimum atomic E-state index is 0.498. The maximum absolute atomic E-state index is 8.80. The van der Waals surface area contributed by atoms with E-state index < -0.39 is 0 Å². The van der Waals surface area contributed by atoms with Crippen molar-refractivity contribution < 1.29 is 0 Å². The molecule has 16 heavy (non-hydrogen) atoms. The van der Waals surface area contributed by atoms with Crippen molar-refractivity contribution in [2.75, 3.05) is 0 Å². The minimum Gasteiger partial charge on any atom is -0.192 e. The largest absolute Gasteiger partial charge is 0.192 e. The SMILES string of the molecule is C=C(C#N)c1cccc(-c2ccccc2)c1. The van der Waals surface area contributed by atoms with Crippen molar-refractivity contribution in [3.8, 4) is 17.2 Å². The highest BCUT2D eigenvalue weighted by Gasteiger charge is 2.00. The molecule has 0 heterocycles. The van der Waals surface area contributed by atoms with Gasteiger partial charge in [0.2, 0.25) is 0 Å². The zero-order chi connectivity index (χ0) is 11.4. The van der Waals surface area contributed by atoms with Gasteiger partial charge in [-0.2, -0.15) is 5.26 Å². The summed E-state index contributed by atoms with van der Waals surface area (Å²) in [6.07, 6.45) is 0. The number of hydrogen-bond acceptors (Lipinski definition) is 1. The van der Waals surface area contributed by atoms with Crippen LogP contribution in [0.25, 0.3) is 16.7 Å². The van der Waals surface area contributed by atoms with Crippen molar-refractivity contribution >= 4 is 5.57 Å². The molecule has 0 aliphatic carbocycles. The van der Waals surface area contributed by atoms with Gasteiger partial charge in [-0.1, -0.05) is 55.1 Å². The lowest BCUT2D eigenvalue weighted by atomic mass is 10.0. The second-order valence-electron chi connectivity index (χ2n) is 3.54. The van der Waals surface area contributed by atoms with Crippen LogP contribution >= 0.6 is 0 Å². The van der Waals surface area contributed by atoms with Crippen molar-refractivity contribution in [3.05, 3.63) is 66.7 Å². The Balaban J connectivity index is 2.45. The molecule has 0 bridgehead atoms. The molecule has 0 aliphatic heterocycles. The van der Waals surface area contributed by atoms with Crippen molar-refractivity contribution in [1.82, 2.24) is 0 Å². The fourth-order valence-electron chi connectivity index (χ4n) is 1.58. The summed E-state index contributed by atoms with van der Waals surface area (Å²) >= 11 is 0. The first kappa shape index (κ1) is 10.2. The van der Waals surface area contributed by atoms with Crippen LogP contribution in [-0.2, 0) is 0 Å². The van der Waals surface area contributed by atoms with Gasteiger partial charge in [0.15, 0.2) is 0 Å². The molecule has 0 aromatic heterocycles. The van der Waals surface area contributed by atoms with Gasteiger partial charge in [0.25, 0.3) is 0 Å². The Hall–Kier alpha value is -2.33. The Kier molecular flexibility index (Phi) is 2.84. The molecule has 0 atom stereocenters. The number of hydrogen-bond donors (Lipinski definition) is 0. The topological polar surface area (TPSA) is 23.8 Å². The second-order valence-corrected chi connectivity index (χ2v) is 3.54. The molecular formula is C15H11N. The van der Waals surface area contributed by atoms with Gasteiger partial charge in [-0.15, -0.1) is 0 Å². The first-order valence-electron chi connectivity index (χ1n) is 5.06. The summed E-state index contributed by atoms with van der Waals surface area (Å²) < 4.78 is 0. The Morgan fingerprint density at radius 1 is 0.938 bits per heavy atom. The van der Waals surface area contributed by atoms with E-state index in [9.17, 15) is 0 Å². The summed E-state index contributed by atoms with van der Waals surface area (Å²) in [5.74, 6) is 0. The molecule has 1 heteroatoms. The van der Waals surface area contributed by atoms with Crippen molar-refractivity contribution in [2.24, 2.45) is 0 Å². The van der Waals surface area contributed by atoms with Gasteiger partial charge >= 0.3 is 0 Å². The fourth-order valence-corrected chi connectivity index (χ4v) is 1.58. The summed E-state index contributed by atoms with van der Waals surface area (Å²) in [6, 6.07) is 20.0. The second kappa shape index (κ2) is 4.46. The summed E-state index contributed by atoms with van der Waals surface area (Å²) in [5, 5.41) is 8.80. The molecule has 0 spiro atoms. The lowest BCUT2D eigenvalue weighted by molar-refractivity contribution is 1.52. The average Bonchev–Trinajstić information content (AvgIpc) is 2.39. The van der Waals surface area contributed by atoms with Crippen LogP contribution in [0.2, 0.25) is 0 Å². The van der Waals surface area contributed by atoms with E-state index in [0.717, 1.165) is 16.7 Å². The van der Waals surface area contributed by atoms with Crippen molar-refractivity contribution in [1.29, 1.82) is 5.26 Å². The molecule has 0 amide bonds. The van der Waals surface area contributed by atoms with E-state index in [-0.39, 0.29) is 0 Å². The minimum absolute atomic E-state index is 0.498. The summed E-state index contributed by atoms with van der Waals surface area (Å²) in [5.41, 5.74) is 3.63. The standard InChI is InChI=1S/C15H11N/c1-12(11-16)14-8-5-9-15(10-14)13-6-3-2-4-7-13/h2-10H,1H2. The van der Waals surface area contributed by atoms with Crippen LogP contribution in [0.4, 0.5) is 0 Å². The predicted molar refractivity (Wildman–Crippen MR) is 66.5 cm³/mol. The summed E-state index contributed by atoms with van der Waals surface area (Å²) in [6.45, 7) is 3.72. The van der Waals surface area contributed by atoms with Crippen LogP contribution in [0.15, 0.2) is 61.2 Å². The maximum Gasteiger partial charge on any atom is 0.0991 e. The summed E-state index contributed by atoms with van der Waals surface area (Å²) in [4.78, 5) is 0. The molecule has 2 aromatic carbocycles. The average molecular weight is 205 g/mol. The number of nitrogens with zero attached hydrogens (tertiary/aromatic N) is 1. The lowest BCUT2D eigenvalue weighted by Crippen LogP contribution is -1.82. The van der Waals surface area contributed by atoms with E-state index in [2.05, 4.69) is 12.6 Å². The first-order chi connectivity index (χ1) is 7.81. The van der Waals surface area contributed by atoms with E-state index in [1.807, 2.05) is 54.6 Å². The third-order valence-corrected chi connectivity index (χ3v) is 2.45. The smallest absolute Gasteiger partial charge is 0.0991 e. The Labute approximate surface area is 95.3 Å². The van der Waals surface area contributed by atoms with Crippen LogP contribution in [0.5, 0.6) is 0 Å². The fraction of sp³-hybridized carbons (Fsp3) is 0. The van der Waals surface area contributed by atoms with Gasteiger partial charge in [0, 0.05) is 0 Å². The van der Waals surface area contributed by atoms with E-state index in [4.69, 9.17) is 5.26 Å². The number of benzene rings is 2. The van der Waals surface area contributed by atoms with Crippen LogP contribution < -0.4 is 0 Å². The van der Waals surface area contributed by atoms with Gasteiger partial charge in [-0.3, -0.25) is 0 Å². The van der Waals surface area contributed by atoms with Gasteiger partial charge in [0.05, 0.1) is 11.6 Å². The monoisotopic (exact) mass is 205 g/mol. The van der Waals surface area contributed by atoms with Crippen LogP contribution in [0, 0.1) is 11.3 Å². The van der Waals surface area contributed by atoms with Gasteiger partial charge in [-0.05, 0) is 22.8 Å². The van der Waals surface area contributed by atoms with E-state index in [1.165, 1.54) is 0 Å². The highest BCUT2D eigenvalue weighted by molar-refractivity contribution is 5.78. The Morgan fingerprint density at radius 3 is 2.31 bits per heavy atom. The lowest BCUT2D eigenvalue weighted by Gasteiger charge is -2.03. The van der Waals surface area contributed by atoms with Crippen molar-refractivity contribution in [3.63, 3.8) is 0 Å². The highest BCUT2D eigenvalue weighted by Crippen LogP contribution is 2.22. The van der Waals surface area contributed by atoms with Crippen LogP contribution in [0.3, 0.4) is 0 Å². The van der Waals surface area contributed by atoms with Crippen LogP contribution in [-0.4, -0.2) is 0 Å². The molecule has 0 aliphatic rings. The maximum atomic E-state index is 8.80. The molecule has 0 radical (unpaired) electrons. The zero-order valence-electron chi connectivity index (χ0n) is 8.85. The zero-order valence-corrected chi connectivity index (χ0v) is 8.85. The molecular weight excluding hydrogens is 194 g/mol. The molecule has 76 valence electrons. The molecule has 0 saturated heterocycles. The molecule has 2 rings (SSSR count). The molecule has 0 N–H and O–H groups in total. The van der Waals surface area contributed by atoms with Gasteiger partial charge in [-0.25, -0.2) is 0 Å². The van der Waals surface area contributed by atoms with E-state index >= 15 is 0 Å². The quantitative estimate of drug-likeness (QED) is 0.682. The van der Waals surface area contributed by atoms with E-state index in [1.54, 1.807) is 0 Å². The molecule has 1 nitrogen and oxygen atoms in total. The molecule has 0 fully saturated rings. The number of allylic oxidation sites excluding steroid dienone is 1. The van der Waals surface area contributed by atoms with Crippen LogP contribution in [0.1, 0.15) is 5.56 Å². The summed E-state index contributed by atoms with van der Waals surface area (Å²) in [7, 11) is 0. The van der Waals surface area contributed by atoms with Crippen molar-refractivity contribution in [2.45, 2.75) is 0 Å². The number of rotatable bonds is 2. The molecule has 2 aromatic rings. The molecule has 0 unspecified atom stereocenters. The normalized spacial score (nSPS) is 9.44. The predicted octanol–water partition coefficient (Wildman–Crippen LogP) is 3.89. The Bertz CT molecular complexity index is 547. The van der Waals surface area contributed by atoms with Gasteiger partial charge in [0.1, 0.15) is 0 Å². The van der Waals surface area contributed by atoms with E-state index in [0.29, 0.717) is 5.57 Å². The third kappa shape index (κ3) is 2.02. The van der Waals surface area contributed by atoms with Gasteiger partial charge < -0.3 is 0 Å². The Morgan fingerprint density at radius 2 is 1.62 bits per heavy atom. The number of nitriles is 1. The third-order valence-electron chi connectivity index (χ3n) is 2.45. The first-order valence-corrected chi connectivity index (χ1v) is 5.06. The highest BCUT2D eigenvalue weighted by atomic mass is 14.2. The molecule has 0 saturated carbocycles.